The van der Waals surface area contributed by atoms with Gasteiger partial charge in [0.2, 0.25) is 5.91 Å². The van der Waals surface area contributed by atoms with Crippen LogP contribution < -0.4 is 11.1 Å². The van der Waals surface area contributed by atoms with Gasteiger partial charge in [0.05, 0.1) is 52.9 Å². The molecule has 1 saturated heterocycles. The van der Waals surface area contributed by atoms with Crippen LogP contribution in [0.2, 0.25) is 0 Å². The molecule has 0 atom stereocenters. The lowest BCUT2D eigenvalue weighted by atomic mass is 10.3. The maximum Gasteiger partial charge on any atom is 0.222 e. The number of carbonyl (C=O) groups excluding carboxylic acids is 1. The van der Waals surface area contributed by atoms with E-state index in [1.807, 2.05) is 0 Å². The number of nitrogens with zero attached hydrogens (tertiary/aromatic N) is 2. The van der Waals surface area contributed by atoms with E-state index in [2.05, 4.69) is 22.0 Å². The van der Waals surface area contributed by atoms with E-state index in [1.54, 1.807) is 0 Å². The van der Waals surface area contributed by atoms with Crippen LogP contribution in [-0.4, -0.2) is 121 Å². The first-order valence-corrected chi connectivity index (χ1v) is 10.5. The Kier molecular flexibility index (Phi) is 16.4. The smallest absolute Gasteiger partial charge is 0.222 e. The van der Waals surface area contributed by atoms with Crippen LogP contribution in [0, 0.1) is 0 Å². The lowest BCUT2D eigenvalue weighted by Gasteiger charge is -2.33. The van der Waals surface area contributed by atoms with Crippen molar-refractivity contribution in [2.45, 2.75) is 13.3 Å². The zero-order valence-electron chi connectivity index (χ0n) is 17.5. The minimum Gasteiger partial charge on any atom is -0.379 e. The van der Waals surface area contributed by atoms with Crippen molar-refractivity contribution in [3.05, 3.63) is 0 Å². The number of likely N-dealkylation sites (N-methyl/N-ethyl adjacent to an activating group) is 1. The summed E-state index contributed by atoms with van der Waals surface area (Å²) in [6.07, 6.45) is 0.384. The zero-order chi connectivity index (χ0) is 20.3. The third-order valence-corrected chi connectivity index (χ3v) is 4.51. The molecular formula is C19H40N4O5. The summed E-state index contributed by atoms with van der Waals surface area (Å²) in [5.41, 5.74) is 5.31. The number of nitrogens with two attached hydrogens (primary N) is 1. The summed E-state index contributed by atoms with van der Waals surface area (Å²) in [6.45, 7) is 14.0. The second-order valence-electron chi connectivity index (χ2n) is 6.61. The van der Waals surface area contributed by atoms with E-state index in [9.17, 15) is 4.79 Å². The fourth-order valence-corrected chi connectivity index (χ4v) is 2.78. The molecule has 1 rings (SSSR count). The van der Waals surface area contributed by atoms with Crippen LogP contribution in [-0.2, 0) is 23.7 Å². The van der Waals surface area contributed by atoms with Gasteiger partial charge >= 0.3 is 0 Å². The van der Waals surface area contributed by atoms with Crippen molar-refractivity contribution in [2.24, 2.45) is 5.73 Å². The molecule has 0 aromatic heterocycles. The molecule has 1 amide bonds. The Morgan fingerprint density at radius 3 is 1.86 bits per heavy atom. The largest absolute Gasteiger partial charge is 0.379 e. The van der Waals surface area contributed by atoms with Gasteiger partial charge in [-0.05, 0) is 6.54 Å². The highest BCUT2D eigenvalue weighted by Gasteiger charge is 2.14. The third-order valence-electron chi connectivity index (χ3n) is 4.51. The topological polar surface area (TPSA) is 98.5 Å². The van der Waals surface area contributed by atoms with Crippen LogP contribution in [0.3, 0.4) is 0 Å². The molecule has 0 aromatic carbocycles. The zero-order valence-corrected chi connectivity index (χ0v) is 17.5. The molecule has 28 heavy (non-hydrogen) atoms. The standard InChI is InChI=1S/C19H40N4O5/c1-2-22-7-9-23(10-8-22)6-5-21-19(24)3-11-25-13-15-27-17-18-28-16-14-26-12-4-20/h2-18,20H2,1H3,(H,21,24). The molecule has 0 bridgehead atoms. The van der Waals surface area contributed by atoms with Crippen LogP contribution in [0.1, 0.15) is 13.3 Å². The normalized spacial score (nSPS) is 15.8. The first-order chi connectivity index (χ1) is 13.8. The van der Waals surface area contributed by atoms with E-state index < -0.39 is 0 Å². The molecule has 9 heteroatoms. The number of nitrogens with one attached hydrogen (secondary N) is 1. The second kappa shape index (κ2) is 18.2. The van der Waals surface area contributed by atoms with Gasteiger partial charge in [0.15, 0.2) is 0 Å². The maximum absolute atomic E-state index is 11.8. The molecule has 3 N–H and O–H groups in total. The highest BCUT2D eigenvalue weighted by Crippen LogP contribution is 1.99. The van der Waals surface area contributed by atoms with E-state index >= 15 is 0 Å². The molecule has 0 aromatic rings. The van der Waals surface area contributed by atoms with Gasteiger partial charge in [0, 0.05) is 52.2 Å². The number of hydrogen-bond donors (Lipinski definition) is 2. The molecule has 1 aliphatic rings. The Morgan fingerprint density at radius 1 is 0.821 bits per heavy atom. The summed E-state index contributed by atoms with van der Waals surface area (Å²) in [5, 5.41) is 2.96. The molecule has 0 spiro atoms. The summed E-state index contributed by atoms with van der Waals surface area (Å²) < 4.78 is 21.3. The number of piperazine rings is 1. The third kappa shape index (κ3) is 14.2. The van der Waals surface area contributed by atoms with Gasteiger partial charge in [0.25, 0.3) is 0 Å². The molecule has 0 radical (unpaired) electrons. The van der Waals surface area contributed by atoms with Gasteiger partial charge in [-0.25, -0.2) is 0 Å². The maximum atomic E-state index is 11.8. The Morgan fingerprint density at radius 2 is 1.32 bits per heavy atom. The number of amides is 1. The molecule has 1 aliphatic heterocycles. The van der Waals surface area contributed by atoms with Gasteiger partial charge in [0.1, 0.15) is 0 Å². The highest BCUT2D eigenvalue weighted by molar-refractivity contribution is 5.75. The molecule has 1 fully saturated rings. The van der Waals surface area contributed by atoms with Gasteiger partial charge < -0.3 is 34.9 Å². The fourth-order valence-electron chi connectivity index (χ4n) is 2.78. The second-order valence-corrected chi connectivity index (χ2v) is 6.61. The Hall–Kier alpha value is -0.810. The highest BCUT2D eigenvalue weighted by atomic mass is 16.6. The quantitative estimate of drug-likeness (QED) is 0.285. The Bertz CT molecular complexity index is 368. The predicted molar refractivity (Wildman–Crippen MR) is 109 cm³/mol. The predicted octanol–water partition coefficient (Wildman–Crippen LogP) is -0.845. The molecule has 0 saturated carbocycles. The van der Waals surface area contributed by atoms with Crippen molar-refractivity contribution >= 4 is 5.91 Å². The van der Waals surface area contributed by atoms with Gasteiger partial charge in [-0.2, -0.15) is 0 Å². The number of hydrogen-bond acceptors (Lipinski definition) is 8. The lowest BCUT2D eigenvalue weighted by Crippen LogP contribution is -2.48. The first kappa shape index (κ1) is 25.2. The van der Waals surface area contributed by atoms with Crippen molar-refractivity contribution in [1.82, 2.24) is 15.1 Å². The van der Waals surface area contributed by atoms with Gasteiger partial charge in [-0.3, -0.25) is 9.69 Å². The summed E-state index contributed by atoms with van der Waals surface area (Å²) >= 11 is 0. The van der Waals surface area contributed by atoms with Crippen LogP contribution >= 0.6 is 0 Å². The van der Waals surface area contributed by atoms with E-state index in [-0.39, 0.29) is 5.91 Å². The minimum absolute atomic E-state index is 0.0402. The SMILES string of the molecule is CCN1CCN(CCNC(=O)CCOCCOCCOCCOCCN)CC1. The minimum atomic E-state index is 0.0402. The Balaban J connectivity index is 1.78. The van der Waals surface area contributed by atoms with E-state index in [4.69, 9.17) is 24.7 Å². The van der Waals surface area contributed by atoms with Crippen LogP contribution in [0.15, 0.2) is 0 Å². The average Bonchev–Trinajstić information content (AvgIpc) is 2.72. The van der Waals surface area contributed by atoms with Crippen LogP contribution in [0.4, 0.5) is 0 Å². The van der Waals surface area contributed by atoms with Crippen LogP contribution in [0.25, 0.3) is 0 Å². The number of ether oxygens (including phenoxy) is 4. The summed E-state index contributed by atoms with van der Waals surface area (Å²) in [6, 6.07) is 0. The fraction of sp³-hybridized carbons (Fsp3) is 0.947. The lowest BCUT2D eigenvalue weighted by molar-refractivity contribution is -0.122. The average molecular weight is 405 g/mol. The van der Waals surface area contributed by atoms with Crippen molar-refractivity contribution in [1.29, 1.82) is 0 Å². The van der Waals surface area contributed by atoms with Crippen LogP contribution in [0.5, 0.6) is 0 Å². The summed E-state index contributed by atoms with van der Waals surface area (Å²) in [7, 11) is 0. The number of carbonyl (C=O) groups is 1. The van der Waals surface area contributed by atoms with E-state index in [0.717, 1.165) is 39.3 Å². The van der Waals surface area contributed by atoms with Crippen molar-refractivity contribution in [2.75, 3.05) is 105 Å². The van der Waals surface area contributed by atoms with Crippen molar-refractivity contribution in [3.63, 3.8) is 0 Å². The van der Waals surface area contributed by atoms with Gasteiger partial charge in [-0.1, -0.05) is 6.92 Å². The first-order valence-electron chi connectivity index (χ1n) is 10.5. The molecule has 0 unspecified atom stereocenters. The summed E-state index contributed by atoms with van der Waals surface area (Å²) in [5.74, 6) is 0.0402. The molecule has 166 valence electrons. The molecule has 9 nitrogen and oxygen atoms in total. The molecule has 0 aliphatic carbocycles. The molecular weight excluding hydrogens is 364 g/mol. The monoisotopic (exact) mass is 404 g/mol. The van der Waals surface area contributed by atoms with Crippen molar-refractivity contribution < 1.29 is 23.7 Å². The van der Waals surface area contributed by atoms with E-state index in [0.29, 0.717) is 72.4 Å². The number of rotatable bonds is 18. The molecule has 1 heterocycles. The van der Waals surface area contributed by atoms with E-state index in [1.165, 1.54) is 0 Å². The Labute approximate surface area is 169 Å². The summed E-state index contributed by atoms with van der Waals surface area (Å²) in [4.78, 5) is 16.6. The van der Waals surface area contributed by atoms with Gasteiger partial charge in [-0.15, -0.1) is 0 Å². The van der Waals surface area contributed by atoms with Crippen molar-refractivity contribution in [3.8, 4) is 0 Å².